The predicted octanol–water partition coefficient (Wildman–Crippen LogP) is 8.47. The zero-order chi connectivity index (χ0) is 27.1. The minimum absolute atomic E-state index is 0.0298. The zero-order valence-electron chi connectivity index (χ0n) is 21.1. The molecule has 0 bridgehead atoms. The van der Waals surface area contributed by atoms with E-state index in [1.807, 2.05) is 42.5 Å². The van der Waals surface area contributed by atoms with Crippen LogP contribution in [0.15, 0.2) is 74.2 Å². The molecule has 0 atom stereocenters. The van der Waals surface area contributed by atoms with E-state index in [4.69, 9.17) is 19.7 Å². The molecular weight excluding hydrogens is 551 g/mol. The Bertz CT molecular complexity index is 1350. The van der Waals surface area contributed by atoms with E-state index in [2.05, 4.69) is 57.4 Å². The molecule has 0 aliphatic rings. The van der Waals surface area contributed by atoms with Crippen LogP contribution in [0.2, 0.25) is 0 Å². The van der Waals surface area contributed by atoms with Gasteiger partial charge in [0.15, 0.2) is 17.5 Å². The van der Waals surface area contributed by atoms with Crippen molar-refractivity contribution in [3.63, 3.8) is 0 Å². The van der Waals surface area contributed by atoms with Gasteiger partial charge in [0.25, 0.3) is 0 Å². The lowest BCUT2D eigenvalue weighted by Gasteiger charge is -2.13. The number of hydrogen-bond acceptors (Lipinski definition) is 9. The Balaban J connectivity index is 1.65. The second kappa shape index (κ2) is 13.6. The highest BCUT2D eigenvalue weighted by molar-refractivity contribution is 7.81. The molecule has 0 radical (unpaired) electrons. The van der Waals surface area contributed by atoms with Crippen LogP contribution in [0.4, 0.5) is 0 Å². The van der Waals surface area contributed by atoms with Gasteiger partial charge in [0.1, 0.15) is 11.5 Å². The lowest BCUT2D eigenvalue weighted by Crippen LogP contribution is -2.02. The molecule has 5 nitrogen and oxygen atoms in total. The number of thiol groups is 4. The Morgan fingerprint density at radius 1 is 0.632 bits per heavy atom. The number of rotatable bonds is 11. The fourth-order valence-electron chi connectivity index (χ4n) is 4.02. The Hall–Kier alpha value is -2.33. The van der Waals surface area contributed by atoms with Gasteiger partial charge in [0, 0.05) is 36.8 Å². The molecular formula is C29H31N3O2S4. The summed E-state index contributed by atoms with van der Waals surface area (Å²) in [5.74, 6) is 1.82. The van der Waals surface area contributed by atoms with Crippen LogP contribution in [0.25, 0.3) is 34.2 Å². The number of hydrogen-bond donors (Lipinski definition) is 5. The predicted molar refractivity (Wildman–Crippen MR) is 166 cm³/mol. The topological polar surface area (TPSA) is 68.1 Å². The summed E-state index contributed by atoms with van der Waals surface area (Å²) >= 11 is 18.0. The third kappa shape index (κ3) is 7.40. The highest BCUT2D eigenvalue weighted by Gasteiger charge is 2.18. The molecule has 0 amide bonds. The number of aromatic nitrogens is 3. The number of ether oxygens (including phenoxy) is 1. The van der Waals surface area contributed by atoms with Gasteiger partial charge < -0.3 is 9.84 Å². The Morgan fingerprint density at radius 3 is 1.66 bits per heavy atom. The fraction of sp³-hybridized carbons (Fsp3) is 0.276. The van der Waals surface area contributed by atoms with Crippen LogP contribution < -0.4 is 4.74 Å². The first-order valence-electron chi connectivity index (χ1n) is 12.6. The van der Waals surface area contributed by atoms with E-state index in [1.165, 1.54) is 25.7 Å². The highest BCUT2D eigenvalue weighted by atomic mass is 32.1. The molecule has 4 aromatic rings. The van der Waals surface area contributed by atoms with Crippen LogP contribution in [-0.4, -0.2) is 26.7 Å². The van der Waals surface area contributed by atoms with Crippen molar-refractivity contribution in [3.8, 4) is 45.7 Å². The number of nitrogens with zero attached hydrogens (tertiary/aromatic N) is 3. The SMILES string of the molecule is CCCCCCCCOc1ccc(-c2nc(-c3ccc(S)cc3S)nc(-c3ccc(S)cc3S)n2)c(O)c1. The summed E-state index contributed by atoms with van der Waals surface area (Å²) in [6.07, 6.45) is 7.14. The van der Waals surface area contributed by atoms with Crippen molar-refractivity contribution in [2.45, 2.75) is 65.0 Å². The Kier molecular flexibility index (Phi) is 10.3. The molecule has 3 aromatic carbocycles. The van der Waals surface area contributed by atoms with Gasteiger partial charge in [-0.05, 0) is 55.0 Å². The van der Waals surface area contributed by atoms with Crippen LogP contribution in [-0.2, 0) is 0 Å². The van der Waals surface area contributed by atoms with E-state index in [0.29, 0.717) is 45.2 Å². The van der Waals surface area contributed by atoms with E-state index in [9.17, 15) is 5.11 Å². The van der Waals surface area contributed by atoms with Gasteiger partial charge in [0.05, 0.1) is 12.2 Å². The van der Waals surface area contributed by atoms with Gasteiger partial charge in [-0.3, -0.25) is 0 Å². The monoisotopic (exact) mass is 581 g/mol. The van der Waals surface area contributed by atoms with Crippen molar-refractivity contribution in [3.05, 3.63) is 54.6 Å². The fourth-order valence-corrected chi connectivity index (χ4v) is 5.26. The molecule has 1 heterocycles. The van der Waals surface area contributed by atoms with Gasteiger partial charge in [-0.2, -0.15) is 0 Å². The molecule has 4 rings (SSSR count). The molecule has 1 N–H and O–H groups in total. The molecule has 1 aromatic heterocycles. The third-order valence-corrected chi connectivity index (χ3v) is 7.35. The number of phenolic OH excluding ortho intramolecular Hbond substituents is 1. The van der Waals surface area contributed by atoms with Crippen molar-refractivity contribution in [1.82, 2.24) is 15.0 Å². The maximum absolute atomic E-state index is 10.9. The van der Waals surface area contributed by atoms with Crippen molar-refractivity contribution in [2.75, 3.05) is 6.61 Å². The summed E-state index contributed by atoms with van der Waals surface area (Å²) in [7, 11) is 0. The number of benzene rings is 3. The van der Waals surface area contributed by atoms with Gasteiger partial charge in [-0.25, -0.2) is 15.0 Å². The maximum atomic E-state index is 10.9. The third-order valence-electron chi connectivity index (χ3n) is 6.06. The molecule has 38 heavy (non-hydrogen) atoms. The Morgan fingerprint density at radius 2 is 1.13 bits per heavy atom. The average molecular weight is 582 g/mol. The van der Waals surface area contributed by atoms with Crippen molar-refractivity contribution in [2.24, 2.45) is 0 Å². The molecule has 0 unspecified atom stereocenters. The van der Waals surface area contributed by atoms with Crippen LogP contribution in [0.1, 0.15) is 45.4 Å². The molecule has 0 fully saturated rings. The van der Waals surface area contributed by atoms with Gasteiger partial charge in [0.2, 0.25) is 0 Å². The maximum Gasteiger partial charge on any atom is 0.167 e. The molecule has 0 aliphatic carbocycles. The zero-order valence-corrected chi connectivity index (χ0v) is 24.7. The van der Waals surface area contributed by atoms with E-state index in [-0.39, 0.29) is 5.75 Å². The summed E-state index contributed by atoms with van der Waals surface area (Å²) in [5, 5.41) is 10.9. The van der Waals surface area contributed by atoms with Gasteiger partial charge in [-0.15, -0.1) is 50.5 Å². The number of unbranched alkanes of at least 4 members (excludes halogenated alkanes) is 5. The van der Waals surface area contributed by atoms with Crippen molar-refractivity contribution >= 4 is 50.5 Å². The van der Waals surface area contributed by atoms with Crippen molar-refractivity contribution in [1.29, 1.82) is 0 Å². The first kappa shape index (κ1) is 28.7. The van der Waals surface area contributed by atoms with E-state index >= 15 is 0 Å². The normalized spacial score (nSPS) is 11.1. The molecule has 0 spiro atoms. The number of phenols is 1. The second-order valence-corrected chi connectivity index (χ2v) is 11.0. The van der Waals surface area contributed by atoms with Crippen molar-refractivity contribution < 1.29 is 9.84 Å². The first-order chi connectivity index (χ1) is 18.4. The van der Waals surface area contributed by atoms with E-state index in [0.717, 1.165) is 33.8 Å². The summed E-state index contributed by atoms with van der Waals surface area (Å²) in [5.41, 5.74) is 1.92. The second-order valence-electron chi connectivity index (χ2n) is 9.00. The summed E-state index contributed by atoms with van der Waals surface area (Å²) in [6.45, 7) is 2.83. The summed E-state index contributed by atoms with van der Waals surface area (Å²) in [4.78, 5) is 17.1. The summed E-state index contributed by atoms with van der Waals surface area (Å²) in [6, 6.07) is 16.3. The van der Waals surface area contributed by atoms with Crippen LogP contribution in [0.5, 0.6) is 11.5 Å². The molecule has 9 heteroatoms. The minimum atomic E-state index is 0.0298. The van der Waals surface area contributed by atoms with Crippen LogP contribution >= 0.6 is 50.5 Å². The van der Waals surface area contributed by atoms with E-state index < -0.39 is 0 Å². The first-order valence-corrected chi connectivity index (χ1v) is 14.4. The lowest BCUT2D eigenvalue weighted by atomic mass is 10.1. The summed E-state index contributed by atoms with van der Waals surface area (Å²) < 4.78 is 5.88. The average Bonchev–Trinajstić information content (AvgIpc) is 2.88. The molecule has 198 valence electrons. The minimum Gasteiger partial charge on any atom is -0.507 e. The Labute approximate surface area is 246 Å². The largest absolute Gasteiger partial charge is 0.507 e. The van der Waals surface area contributed by atoms with Crippen LogP contribution in [0.3, 0.4) is 0 Å². The van der Waals surface area contributed by atoms with Gasteiger partial charge >= 0.3 is 0 Å². The standard InChI is InChI=1S/C29H31N3O2S4/c1-2-3-4-5-6-7-14-34-18-8-11-21(24(33)15-18)27-30-28(22-12-9-19(35)16-25(22)37)32-29(31-27)23-13-10-20(36)17-26(23)38/h8-13,15-17,33,35-38H,2-7,14H2,1H3. The molecule has 0 aliphatic heterocycles. The lowest BCUT2D eigenvalue weighted by molar-refractivity contribution is 0.303. The molecule has 0 saturated carbocycles. The quantitative estimate of drug-likeness (QED) is 0.0908. The van der Waals surface area contributed by atoms with E-state index in [1.54, 1.807) is 12.1 Å². The highest BCUT2D eigenvalue weighted by Crippen LogP contribution is 2.35. The number of aromatic hydroxyl groups is 1. The molecule has 0 saturated heterocycles. The van der Waals surface area contributed by atoms with Crippen LogP contribution in [0, 0.1) is 0 Å². The van der Waals surface area contributed by atoms with Gasteiger partial charge in [-0.1, -0.05) is 39.0 Å². The smallest absolute Gasteiger partial charge is 0.167 e.